The third-order valence-corrected chi connectivity index (χ3v) is 0.636. The van der Waals surface area contributed by atoms with Crippen molar-refractivity contribution in [2.45, 2.75) is 13.3 Å². The zero-order valence-electron chi connectivity index (χ0n) is 4.39. The normalized spacial score (nSPS) is 8.14. The minimum Gasteiger partial charge on any atom is -0.294 e. The molecule has 0 spiro atoms. The van der Waals surface area contributed by atoms with E-state index in [9.17, 15) is 4.57 Å². The van der Waals surface area contributed by atoms with Gasteiger partial charge in [0, 0.05) is 19.5 Å². The molecule has 0 fully saturated rings. The molecule has 2 nitrogen and oxygen atoms in total. The van der Waals surface area contributed by atoms with E-state index in [1.807, 2.05) is 6.92 Å². The molecule has 0 amide bonds. The van der Waals surface area contributed by atoms with Crippen LogP contribution in [-0.2, 0) is 28.6 Å². The third kappa shape index (κ3) is 10.8. The fourth-order valence-corrected chi connectivity index (χ4v) is 0.386. The van der Waals surface area contributed by atoms with Gasteiger partial charge < -0.3 is 0 Å². The predicted octanol–water partition coefficient (Wildman–Crippen LogP) is 1.62. The van der Waals surface area contributed by atoms with Gasteiger partial charge in [0.05, 0.1) is 6.61 Å². The second-order valence-electron chi connectivity index (χ2n) is 0.908. The first kappa shape index (κ1) is 10.6. The Morgan fingerprint density at radius 2 is 2.29 bits per heavy atom. The van der Waals surface area contributed by atoms with Gasteiger partial charge in [0.15, 0.2) is 0 Å². The summed E-state index contributed by atoms with van der Waals surface area (Å²) < 4.78 is 13.8. The van der Waals surface area contributed by atoms with Crippen molar-refractivity contribution in [1.29, 1.82) is 0 Å². The average molecular weight is 171 g/mol. The fourth-order valence-electron chi connectivity index (χ4n) is 0.129. The quantitative estimate of drug-likeness (QED) is 0.366. The first-order chi connectivity index (χ1) is 2.91. The van der Waals surface area contributed by atoms with Gasteiger partial charge in [-0.3, -0.25) is 4.52 Å². The Kier molecular flexibility index (Phi) is 14.9. The van der Waals surface area contributed by atoms with E-state index in [-0.39, 0.29) is 28.2 Å². The van der Waals surface area contributed by atoms with E-state index in [1.54, 1.807) is 0 Å². The molecule has 0 bridgehead atoms. The van der Waals surface area contributed by atoms with Crippen LogP contribution < -0.4 is 0 Å². The van der Waals surface area contributed by atoms with Gasteiger partial charge in [0.1, 0.15) is 0 Å². The van der Waals surface area contributed by atoms with Crippen LogP contribution in [0.25, 0.3) is 0 Å². The van der Waals surface area contributed by atoms with Crippen LogP contribution in [0.3, 0.4) is 0 Å². The van der Waals surface area contributed by atoms with Crippen LogP contribution in [0.2, 0.25) is 0 Å². The molecule has 0 N–H and O–H groups in total. The molecule has 0 rings (SSSR count). The molecule has 0 radical (unpaired) electrons. The number of hydrogen-bond acceptors (Lipinski definition) is 2. The molecule has 0 aliphatic rings. The third-order valence-electron chi connectivity index (χ3n) is 0.348. The Morgan fingerprint density at radius 1 is 1.71 bits per heavy atom. The Morgan fingerprint density at radius 3 is 2.43 bits per heavy atom. The molecular formula is C3H7O2PZn. The van der Waals surface area contributed by atoms with Gasteiger partial charge in [-0.15, -0.1) is 0 Å². The topological polar surface area (TPSA) is 26.3 Å². The van der Waals surface area contributed by atoms with Crippen molar-refractivity contribution >= 4 is 8.69 Å². The largest absolute Gasteiger partial charge is 0.327 e. The molecule has 0 aromatic rings. The van der Waals surface area contributed by atoms with Crippen LogP contribution in [0.5, 0.6) is 0 Å². The molecule has 0 unspecified atom stereocenters. The first-order valence-electron chi connectivity index (χ1n) is 1.86. The van der Waals surface area contributed by atoms with Gasteiger partial charge in [-0.2, -0.15) is 0 Å². The van der Waals surface area contributed by atoms with Crippen LogP contribution in [0.4, 0.5) is 0 Å². The summed E-state index contributed by atoms with van der Waals surface area (Å²) in [6, 6.07) is 0. The van der Waals surface area contributed by atoms with Crippen molar-refractivity contribution in [3.63, 3.8) is 0 Å². The molecule has 0 aromatic heterocycles. The fraction of sp³-hybridized carbons (Fsp3) is 1.00. The summed E-state index contributed by atoms with van der Waals surface area (Å²) in [7, 11) is -0.205. The molecule has 0 aliphatic carbocycles. The second kappa shape index (κ2) is 9.84. The van der Waals surface area contributed by atoms with Gasteiger partial charge in [-0.05, 0) is 6.42 Å². The van der Waals surface area contributed by atoms with E-state index in [1.165, 1.54) is 0 Å². The van der Waals surface area contributed by atoms with Gasteiger partial charge >= 0.3 is 8.69 Å². The second-order valence-corrected chi connectivity index (χ2v) is 1.32. The monoisotopic (exact) mass is 170 g/mol. The SMILES string of the molecule is CCCOP=O.[Zn]. The molecule has 7 heavy (non-hydrogen) atoms. The van der Waals surface area contributed by atoms with Gasteiger partial charge in [-0.25, -0.2) is 4.57 Å². The van der Waals surface area contributed by atoms with Crippen LogP contribution in [-0.4, -0.2) is 6.61 Å². The van der Waals surface area contributed by atoms with Crippen molar-refractivity contribution in [3.05, 3.63) is 0 Å². The van der Waals surface area contributed by atoms with Crippen LogP contribution in [0, 0.1) is 0 Å². The Hall–Kier alpha value is 0.683. The van der Waals surface area contributed by atoms with Crippen LogP contribution in [0.1, 0.15) is 13.3 Å². The number of hydrogen-bond donors (Lipinski definition) is 0. The molecule has 0 atom stereocenters. The summed E-state index contributed by atoms with van der Waals surface area (Å²) in [5, 5.41) is 0. The molecule has 0 aliphatic heterocycles. The van der Waals surface area contributed by atoms with E-state index >= 15 is 0 Å². The summed E-state index contributed by atoms with van der Waals surface area (Å²) in [5.74, 6) is 0. The minimum absolute atomic E-state index is 0. The zero-order chi connectivity index (χ0) is 4.83. The zero-order valence-corrected chi connectivity index (χ0v) is 8.25. The molecule has 0 saturated carbocycles. The molecule has 0 aromatic carbocycles. The summed E-state index contributed by atoms with van der Waals surface area (Å²) >= 11 is 0. The Balaban J connectivity index is 0. The first-order valence-corrected chi connectivity index (χ1v) is 2.59. The van der Waals surface area contributed by atoms with Gasteiger partial charge in [-0.1, -0.05) is 6.92 Å². The van der Waals surface area contributed by atoms with Crippen LogP contribution in [0.15, 0.2) is 0 Å². The van der Waals surface area contributed by atoms with E-state index in [0.29, 0.717) is 6.61 Å². The minimum atomic E-state index is -0.205. The summed E-state index contributed by atoms with van der Waals surface area (Å²) in [6.07, 6.45) is 0.926. The van der Waals surface area contributed by atoms with Gasteiger partial charge in [0.25, 0.3) is 0 Å². The molecule has 38 valence electrons. The van der Waals surface area contributed by atoms with E-state index in [4.69, 9.17) is 0 Å². The van der Waals surface area contributed by atoms with E-state index < -0.39 is 0 Å². The average Bonchev–Trinajstić information content (AvgIpc) is 1.61. The smallest absolute Gasteiger partial charge is 0.294 e. The summed E-state index contributed by atoms with van der Waals surface area (Å²) in [6.45, 7) is 2.55. The Bertz CT molecular complexity index is 41.9. The van der Waals surface area contributed by atoms with Crippen molar-refractivity contribution in [3.8, 4) is 0 Å². The van der Waals surface area contributed by atoms with Crippen molar-refractivity contribution in [2.24, 2.45) is 0 Å². The molecule has 0 heterocycles. The maximum absolute atomic E-state index is 9.44. The van der Waals surface area contributed by atoms with Crippen molar-refractivity contribution < 1.29 is 28.6 Å². The predicted molar refractivity (Wildman–Crippen MR) is 23.8 cm³/mol. The van der Waals surface area contributed by atoms with E-state index in [0.717, 1.165) is 6.42 Å². The van der Waals surface area contributed by atoms with Gasteiger partial charge in [0.2, 0.25) is 0 Å². The number of rotatable bonds is 3. The standard InChI is InChI=1S/C3H7O2P.Zn/c1-2-3-5-6-4;/h2-3H2,1H3;. The molecular weight excluding hydrogens is 164 g/mol. The summed E-state index contributed by atoms with van der Waals surface area (Å²) in [5.41, 5.74) is 0. The summed E-state index contributed by atoms with van der Waals surface area (Å²) in [4.78, 5) is 0. The molecule has 4 heteroatoms. The van der Waals surface area contributed by atoms with E-state index in [2.05, 4.69) is 4.52 Å². The Labute approximate surface area is 57.7 Å². The maximum atomic E-state index is 9.44. The molecule has 0 saturated heterocycles. The van der Waals surface area contributed by atoms with Crippen LogP contribution >= 0.6 is 8.69 Å². The van der Waals surface area contributed by atoms with Crippen molar-refractivity contribution in [2.75, 3.05) is 6.61 Å². The van der Waals surface area contributed by atoms with Crippen molar-refractivity contribution in [1.82, 2.24) is 0 Å². The maximum Gasteiger partial charge on any atom is 0.327 e.